The molecule has 0 N–H and O–H groups in total. The zero-order chi connectivity index (χ0) is 13.6. The first kappa shape index (κ1) is 12.8. The highest BCUT2D eigenvalue weighted by molar-refractivity contribution is 5.31. The molecule has 0 radical (unpaired) electrons. The number of nitrogens with zero attached hydrogens (tertiary/aromatic N) is 2. The molecule has 2 atom stereocenters. The highest BCUT2D eigenvalue weighted by Crippen LogP contribution is 2.45. The Balaban J connectivity index is 1.59. The second kappa shape index (κ2) is 4.85. The van der Waals surface area contributed by atoms with E-state index < -0.39 is 0 Å². The number of likely N-dealkylation sites (N-methyl/N-ethyl adjacent to an activating group) is 1. The fourth-order valence-corrected chi connectivity index (χ4v) is 4.50. The third kappa shape index (κ3) is 2.10. The summed E-state index contributed by atoms with van der Waals surface area (Å²) >= 11 is 0. The zero-order valence-electron chi connectivity index (χ0n) is 12.6. The van der Waals surface area contributed by atoms with Crippen LogP contribution < -0.4 is 0 Å². The van der Waals surface area contributed by atoms with Crippen molar-refractivity contribution in [2.75, 3.05) is 33.2 Å². The number of likely N-dealkylation sites (tertiary alicyclic amines) is 2. The van der Waals surface area contributed by atoms with Crippen molar-refractivity contribution in [3.63, 3.8) is 0 Å². The third-order valence-electron chi connectivity index (χ3n) is 5.95. The summed E-state index contributed by atoms with van der Waals surface area (Å²) < 4.78 is 0. The van der Waals surface area contributed by atoms with Crippen molar-refractivity contribution < 1.29 is 0 Å². The van der Waals surface area contributed by atoms with Crippen LogP contribution in [-0.2, 0) is 5.41 Å². The average molecular weight is 270 g/mol. The summed E-state index contributed by atoms with van der Waals surface area (Å²) in [7, 11) is 2.33. The van der Waals surface area contributed by atoms with E-state index in [1.807, 2.05) is 0 Å². The second-order valence-corrected chi connectivity index (χ2v) is 7.22. The van der Waals surface area contributed by atoms with E-state index in [0.717, 1.165) is 12.0 Å². The molecule has 1 aliphatic carbocycles. The normalized spacial score (nSPS) is 35.1. The van der Waals surface area contributed by atoms with E-state index in [-0.39, 0.29) is 0 Å². The van der Waals surface area contributed by atoms with E-state index >= 15 is 0 Å². The smallest absolute Gasteiger partial charge is 0.0317 e. The summed E-state index contributed by atoms with van der Waals surface area (Å²) in [6, 6.07) is 12.0. The van der Waals surface area contributed by atoms with Crippen LogP contribution in [0.15, 0.2) is 30.3 Å². The van der Waals surface area contributed by atoms with Gasteiger partial charge in [-0.25, -0.2) is 0 Å². The number of fused-ring (bicyclic) bond motifs is 1. The lowest BCUT2D eigenvalue weighted by Gasteiger charge is -2.46. The van der Waals surface area contributed by atoms with Gasteiger partial charge in [0.05, 0.1) is 0 Å². The van der Waals surface area contributed by atoms with Crippen molar-refractivity contribution in [2.24, 2.45) is 5.92 Å². The predicted molar refractivity (Wildman–Crippen MR) is 82.9 cm³/mol. The summed E-state index contributed by atoms with van der Waals surface area (Å²) in [5.74, 6) is 1.02. The summed E-state index contributed by atoms with van der Waals surface area (Å²) in [6.45, 7) is 5.20. The van der Waals surface area contributed by atoms with Gasteiger partial charge in [-0.2, -0.15) is 0 Å². The van der Waals surface area contributed by atoms with Crippen molar-refractivity contribution >= 4 is 0 Å². The van der Waals surface area contributed by atoms with Gasteiger partial charge in [0.15, 0.2) is 0 Å². The molecule has 2 unspecified atom stereocenters. The van der Waals surface area contributed by atoms with E-state index in [4.69, 9.17) is 0 Å². The molecule has 108 valence electrons. The molecule has 0 spiro atoms. The number of benzene rings is 1. The third-order valence-corrected chi connectivity index (χ3v) is 5.95. The lowest BCUT2D eigenvalue weighted by Crippen LogP contribution is -2.55. The van der Waals surface area contributed by atoms with E-state index in [1.165, 1.54) is 51.9 Å². The Bertz CT molecular complexity index is 468. The average Bonchev–Trinajstić information content (AvgIpc) is 3.24. The maximum Gasteiger partial charge on any atom is 0.0317 e. The quantitative estimate of drug-likeness (QED) is 0.833. The Morgan fingerprint density at radius 2 is 1.85 bits per heavy atom. The molecule has 2 aliphatic heterocycles. The summed E-state index contributed by atoms with van der Waals surface area (Å²) in [4.78, 5) is 5.36. The van der Waals surface area contributed by atoms with Crippen LogP contribution in [0, 0.1) is 5.92 Å². The Morgan fingerprint density at radius 3 is 2.60 bits per heavy atom. The van der Waals surface area contributed by atoms with Gasteiger partial charge in [0.2, 0.25) is 0 Å². The van der Waals surface area contributed by atoms with Gasteiger partial charge >= 0.3 is 0 Å². The Hall–Kier alpha value is -0.860. The van der Waals surface area contributed by atoms with Gasteiger partial charge in [-0.1, -0.05) is 30.3 Å². The Morgan fingerprint density at radius 1 is 1.10 bits per heavy atom. The van der Waals surface area contributed by atoms with Crippen LogP contribution >= 0.6 is 0 Å². The molecule has 0 bridgehead atoms. The van der Waals surface area contributed by atoms with Crippen molar-refractivity contribution in [3.05, 3.63) is 35.9 Å². The van der Waals surface area contributed by atoms with Crippen molar-refractivity contribution in [2.45, 2.75) is 37.1 Å². The molecule has 20 heavy (non-hydrogen) atoms. The molecule has 2 heterocycles. The molecule has 3 aliphatic rings. The van der Waals surface area contributed by atoms with E-state index in [0.29, 0.717) is 5.41 Å². The lowest BCUT2D eigenvalue weighted by atomic mass is 9.69. The maximum absolute atomic E-state index is 2.74. The largest absolute Gasteiger partial charge is 0.301 e. The first-order valence-corrected chi connectivity index (χ1v) is 8.26. The highest BCUT2D eigenvalue weighted by Gasteiger charge is 2.50. The molecule has 1 aromatic carbocycles. The molecule has 2 nitrogen and oxygen atoms in total. The molecule has 0 aromatic heterocycles. The molecule has 3 fully saturated rings. The molecule has 4 rings (SSSR count). The summed E-state index contributed by atoms with van der Waals surface area (Å²) in [6.07, 6.45) is 5.63. The first-order valence-electron chi connectivity index (χ1n) is 8.26. The van der Waals surface area contributed by atoms with E-state index in [1.54, 1.807) is 5.56 Å². The standard InChI is InChI=1S/C18H26N2/c1-19-11-9-18(16-5-3-2-4-6-16)10-12-20(14-17(18)19)13-15-7-8-15/h2-6,15,17H,7-14H2,1H3. The Kier molecular flexibility index (Phi) is 3.12. The van der Waals surface area contributed by atoms with Crippen LogP contribution in [-0.4, -0.2) is 49.1 Å². The minimum Gasteiger partial charge on any atom is -0.301 e. The molecule has 2 heteroatoms. The van der Waals surface area contributed by atoms with Gasteiger partial charge in [0.25, 0.3) is 0 Å². The van der Waals surface area contributed by atoms with Crippen molar-refractivity contribution in [1.82, 2.24) is 9.80 Å². The van der Waals surface area contributed by atoms with Gasteiger partial charge in [0.1, 0.15) is 0 Å². The SMILES string of the molecule is CN1CCC2(c3ccccc3)CCN(CC3CC3)CC12. The molecular formula is C18H26N2. The number of hydrogen-bond donors (Lipinski definition) is 0. The van der Waals surface area contributed by atoms with Crippen LogP contribution in [0.4, 0.5) is 0 Å². The topological polar surface area (TPSA) is 6.48 Å². The summed E-state index contributed by atoms with van der Waals surface area (Å²) in [5, 5.41) is 0. The number of rotatable bonds is 3. The minimum absolute atomic E-state index is 0.427. The maximum atomic E-state index is 2.74. The number of piperidine rings is 1. The van der Waals surface area contributed by atoms with Crippen molar-refractivity contribution in [1.29, 1.82) is 0 Å². The van der Waals surface area contributed by atoms with Crippen molar-refractivity contribution in [3.8, 4) is 0 Å². The number of hydrogen-bond acceptors (Lipinski definition) is 2. The van der Waals surface area contributed by atoms with Gasteiger partial charge in [0, 0.05) is 24.5 Å². The van der Waals surface area contributed by atoms with Gasteiger partial charge in [-0.3, -0.25) is 0 Å². The molecular weight excluding hydrogens is 244 g/mol. The van der Waals surface area contributed by atoms with E-state index in [2.05, 4.69) is 47.2 Å². The lowest BCUT2D eigenvalue weighted by molar-refractivity contribution is 0.0933. The molecule has 0 amide bonds. The van der Waals surface area contributed by atoms with Gasteiger partial charge in [-0.05, 0) is 57.3 Å². The van der Waals surface area contributed by atoms with Crippen LogP contribution in [0.3, 0.4) is 0 Å². The van der Waals surface area contributed by atoms with Crippen LogP contribution in [0.5, 0.6) is 0 Å². The zero-order valence-corrected chi connectivity index (χ0v) is 12.6. The van der Waals surface area contributed by atoms with Crippen LogP contribution in [0.2, 0.25) is 0 Å². The predicted octanol–water partition coefficient (Wildman–Crippen LogP) is 2.74. The molecule has 1 aromatic rings. The fourth-order valence-electron chi connectivity index (χ4n) is 4.50. The Labute approximate surface area is 122 Å². The minimum atomic E-state index is 0.427. The van der Waals surface area contributed by atoms with Crippen LogP contribution in [0.25, 0.3) is 0 Å². The fraction of sp³-hybridized carbons (Fsp3) is 0.667. The molecule has 1 saturated carbocycles. The van der Waals surface area contributed by atoms with Crippen LogP contribution in [0.1, 0.15) is 31.2 Å². The summed E-state index contributed by atoms with van der Waals surface area (Å²) in [5.41, 5.74) is 2.01. The molecule has 2 saturated heterocycles. The monoisotopic (exact) mass is 270 g/mol. The van der Waals surface area contributed by atoms with Gasteiger partial charge < -0.3 is 9.80 Å². The van der Waals surface area contributed by atoms with Gasteiger partial charge in [-0.15, -0.1) is 0 Å². The first-order chi connectivity index (χ1) is 9.78. The van der Waals surface area contributed by atoms with E-state index in [9.17, 15) is 0 Å². The second-order valence-electron chi connectivity index (χ2n) is 7.22. The highest BCUT2D eigenvalue weighted by atomic mass is 15.3.